The fourth-order valence-corrected chi connectivity index (χ4v) is 7.62. The van der Waals surface area contributed by atoms with E-state index in [1.54, 1.807) is 0 Å². The molecule has 4 aliphatic carbocycles. The molecule has 0 heterocycles. The van der Waals surface area contributed by atoms with Crippen molar-refractivity contribution in [2.24, 2.45) is 39.7 Å². The zero-order valence-corrected chi connectivity index (χ0v) is 16.4. The van der Waals surface area contributed by atoms with Crippen LogP contribution in [0.3, 0.4) is 0 Å². The second kappa shape index (κ2) is 6.28. The Balaban J connectivity index is 1.61. The average Bonchev–Trinajstić information content (AvgIpc) is 2.96. The van der Waals surface area contributed by atoms with Gasteiger partial charge in [0.05, 0.1) is 5.71 Å². The standard InChI is InChI=1S/C23H35NO/c1-5-25-24-16(2)19-11-12-20-18-10-9-17-8-6-7-14-22(17,3)21(18)13-15-23(19,20)4/h5,8,18-21H,1,6-7,9-15H2,2-4H3/b24-16+. The fourth-order valence-electron chi connectivity index (χ4n) is 7.62. The summed E-state index contributed by atoms with van der Waals surface area (Å²) in [6.45, 7) is 11.0. The third-order valence-electron chi connectivity index (χ3n) is 8.80. The summed E-state index contributed by atoms with van der Waals surface area (Å²) in [7, 11) is 0. The van der Waals surface area contributed by atoms with Crippen molar-refractivity contribution in [2.75, 3.05) is 0 Å². The number of hydrogen-bond acceptors (Lipinski definition) is 2. The van der Waals surface area contributed by atoms with Gasteiger partial charge in [-0.25, -0.2) is 0 Å². The van der Waals surface area contributed by atoms with Crippen molar-refractivity contribution < 1.29 is 4.84 Å². The average molecular weight is 342 g/mol. The van der Waals surface area contributed by atoms with Gasteiger partial charge in [0, 0.05) is 5.92 Å². The Bertz CT molecular complexity index is 605. The summed E-state index contributed by atoms with van der Waals surface area (Å²) in [5.41, 5.74) is 3.93. The molecule has 0 N–H and O–H groups in total. The van der Waals surface area contributed by atoms with E-state index in [0.29, 0.717) is 16.7 Å². The van der Waals surface area contributed by atoms with Crippen LogP contribution in [-0.2, 0) is 4.84 Å². The van der Waals surface area contributed by atoms with E-state index in [2.05, 4.69) is 38.6 Å². The number of fused-ring (bicyclic) bond motifs is 5. The van der Waals surface area contributed by atoms with Crippen molar-refractivity contribution >= 4 is 5.71 Å². The minimum absolute atomic E-state index is 0.422. The summed E-state index contributed by atoms with van der Waals surface area (Å²) < 4.78 is 0. The maximum absolute atomic E-state index is 5.17. The Morgan fingerprint density at radius 2 is 2.04 bits per heavy atom. The first-order chi connectivity index (χ1) is 12.0. The molecule has 0 amide bonds. The summed E-state index contributed by atoms with van der Waals surface area (Å²) in [4.78, 5) is 5.17. The third-order valence-corrected chi connectivity index (χ3v) is 8.80. The third kappa shape index (κ3) is 2.54. The van der Waals surface area contributed by atoms with E-state index in [1.165, 1.54) is 69.8 Å². The van der Waals surface area contributed by atoms with Crippen LogP contribution in [0.15, 0.2) is 29.6 Å². The SMILES string of the molecule is C=CO/N=C(\C)C1CCC2C3CCC4=CCCCC4(C)C3CCC12C. The molecule has 25 heavy (non-hydrogen) atoms. The molecule has 0 aromatic carbocycles. The van der Waals surface area contributed by atoms with Crippen LogP contribution >= 0.6 is 0 Å². The van der Waals surface area contributed by atoms with Crippen molar-refractivity contribution in [2.45, 2.75) is 78.6 Å². The zero-order chi connectivity index (χ0) is 17.7. The second-order valence-corrected chi connectivity index (χ2v) is 9.63. The molecule has 0 bridgehead atoms. The molecule has 0 radical (unpaired) electrons. The normalized spacial score (nSPS) is 46.5. The van der Waals surface area contributed by atoms with Gasteiger partial charge in [-0.05, 0) is 93.3 Å². The van der Waals surface area contributed by atoms with E-state index in [1.807, 2.05) is 5.57 Å². The molecule has 138 valence electrons. The predicted molar refractivity (Wildman–Crippen MR) is 104 cm³/mol. The molecule has 3 saturated carbocycles. The van der Waals surface area contributed by atoms with E-state index in [9.17, 15) is 0 Å². The Morgan fingerprint density at radius 3 is 2.84 bits per heavy atom. The van der Waals surface area contributed by atoms with Crippen LogP contribution in [0.25, 0.3) is 0 Å². The molecular formula is C23H35NO. The number of oxime groups is 1. The number of nitrogens with zero attached hydrogens (tertiary/aromatic N) is 1. The fraction of sp³-hybridized carbons (Fsp3) is 0.783. The smallest absolute Gasteiger partial charge is 0.114 e. The molecule has 0 aliphatic heterocycles. The van der Waals surface area contributed by atoms with Crippen LogP contribution in [0.4, 0.5) is 0 Å². The van der Waals surface area contributed by atoms with Crippen molar-refractivity contribution in [1.82, 2.24) is 0 Å². The van der Waals surface area contributed by atoms with Crippen LogP contribution in [0.5, 0.6) is 0 Å². The van der Waals surface area contributed by atoms with Crippen LogP contribution in [0.1, 0.15) is 78.6 Å². The maximum Gasteiger partial charge on any atom is 0.114 e. The molecule has 0 spiro atoms. The Morgan fingerprint density at radius 1 is 1.20 bits per heavy atom. The Hall–Kier alpha value is -1.05. The van der Waals surface area contributed by atoms with Gasteiger partial charge in [-0.2, -0.15) is 0 Å². The molecule has 0 aromatic heterocycles. The van der Waals surface area contributed by atoms with E-state index in [0.717, 1.165) is 17.8 Å². The summed E-state index contributed by atoms with van der Waals surface area (Å²) in [6, 6.07) is 0. The minimum atomic E-state index is 0.422. The largest absolute Gasteiger partial charge is 0.366 e. The van der Waals surface area contributed by atoms with Gasteiger partial charge in [-0.15, -0.1) is 0 Å². The van der Waals surface area contributed by atoms with Crippen molar-refractivity contribution in [3.05, 3.63) is 24.5 Å². The predicted octanol–water partition coefficient (Wildman–Crippen LogP) is 6.49. The van der Waals surface area contributed by atoms with Gasteiger partial charge in [-0.1, -0.05) is 37.2 Å². The molecular weight excluding hydrogens is 306 g/mol. The molecule has 6 unspecified atom stereocenters. The highest BCUT2D eigenvalue weighted by atomic mass is 16.6. The van der Waals surface area contributed by atoms with Crippen LogP contribution in [-0.4, -0.2) is 5.71 Å². The lowest BCUT2D eigenvalue weighted by atomic mass is 9.47. The minimum Gasteiger partial charge on any atom is -0.366 e. The lowest BCUT2D eigenvalue weighted by Gasteiger charge is -2.58. The first-order valence-electron chi connectivity index (χ1n) is 10.5. The maximum atomic E-state index is 5.17. The number of allylic oxidation sites excluding steroid dienone is 2. The van der Waals surface area contributed by atoms with Crippen LogP contribution in [0, 0.1) is 34.5 Å². The first kappa shape index (κ1) is 17.4. The monoisotopic (exact) mass is 341 g/mol. The van der Waals surface area contributed by atoms with Gasteiger partial charge in [0.2, 0.25) is 0 Å². The molecule has 2 heteroatoms. The van der Waals surface area contributed by atoms with E-state index >= 15 is 0 Å². The van der Waals surface area contributed by atoms with Gasteiger partial charge in [0.15, 0.2) is 0 Å². The summed E-state index contributed by atoms with van der Waals surface area (Å²) >= 11 is 0. The van der Waals surface area contributed by atoms with Gasteiger partial charge in [0.1, 0.15) is 6.26 Å². The summed E-state index contributed by atoms with van der Waals surface area (Å²) in [5.74, 6) is 3.32. The highest BCUT2D eigenvalue weighted by Gasteiger charge is 2.59. The lowest BCUT2D eigenvalue weighted by molar-refractivity contribution is -0.0433. The molecule has 4 rings (SSSR count). The number of hydrogen-bond donors (Lipinski definition) is 0. The van der Waals surface area contributed by atoms with Gasteiger partial charge < -0.3 is 4.84 Å². The van der Waals surface area contributed by atoms with Crippen LogP contribution in [0.2, 0.25) is 0 Å². The van der Waals surface area contributed by atoms with Crippen LogP contribution < -0.4 is 0 Å². The highest BCUT2D eigenvalue weighted by molar-refractivity contribution is 5.85. The van der Waals surface area contributed by atoms with Gasteiger partial charge in [0.25, 0.3) is 0 Å². The van der Waals surface area contributed by atoms with Gasteiger partial charge in [-0.3, -0.25) is 0 Å². The first-order valence-corrected chi connectivity index (χ1v) is 10.5. The zero-order valence-electron chi connectivity index (χ0n) is 16.4. The topological polar surface area (TPSA) is 21.6 Å². The summed E-state index contributed by atoms with van der Waals surface area (Å²) in [5, 5.41) is 4.33. The van der Waals surface area contributed by atoms with Crippen molar-refractivity contribution in [3.8, 4) is 0 Å². The second-order valence-electron chi connectivity index (χ2n) is 9.63. The Labute approximate surface area is 153 Å². The molecule has 4 aliphatic rings. The molecule has 2 nitrogen and oxygen atoms in total. The number of rotatable bonds is 3. The van der Waals surface area contributed by atoms with E-state index in [4.69, 9.17) is 4.84 Å². The van der Waals surface area contributed by atoms with Crippen molar-refractivity contribution in [3.63, 3.8) is 0 Å². The molecule has 6 atom stereocenters. The van der Waals surface area contributed by atoms with E-state index in [-0.39, 0.29) is 0 Å². The highest BCUT2D eigenvalue weighted by Crippen LogP contribution is 2.66. The van der Waals surface area contributed by atoms with Crippen molar-refractivity contribution in [1.29, 1.82) is 0 Å². The van der Waals surface area contributed by atoms with Gasteiger partial charge >= 0.3 is 0 Å². The lowest BCUT2D eigenvalue weighted by Crippen LogP contribution is -2.50. The molecule has 0 saturated heterocycles. The Kier molecular flexibility index (Phi) is 4.37. The summed E-state index contributed by atoms with van der Waals surface area (Å²) in [6.07, 6.45) is 16.5. The van der Waals surface area contributed by atoms with E-state index < -0.39 is 0 Å². The molecule has 0 aromatic rings. The molecule has 3 fully saturated rings. The quantitative estimate of drug-likeness (QED) is 0.249.